The maximum absolute atomic E-state index is 14.9. The summed E-state index contributed by atoms with van der Waals surface area (Å²) in [7, 11) is 0. The van der Waals surface area contributed by atoms with Crippen LogP contribution in [0.25, 0.3) is 0 Å². The molecule has 4 rings (SSSR count). The summed E-state index contributed by atoms with van der Waals surface area (Å²) in [5.74, 6) is -0.739. The van der Waals surface area contributed by atoms with Crippen molar-refractivity contribution in [1.29, 1.82) is 0 Å². The van der Waals surface area contributed by atoms with Crippen molar-refractivity contribution in [1.82, 2.24) is 10.3 Å². The van der Waals surface area contributed by atoms with E-state index in [1.165, 1.54) is 30.3 Å². The molecular formula is C20H21FN6O5S. The molecule has 3 heterocycles. The van der Waals surface area contributed by atoms with Gasteiger partial charge in [0.05, 0.1) is 42.5 Å². The highest BCUT2D eigenvalue weighted by Crippen LogP contribution is 2.29. The van der Waals surface area contributed by atoms with E-state index in [1.54, 1.807) is 27.4 Å². The van der Waals surface area contributed by atoms with E-state index in [0.717, 1.165) is 16.9 Å². The van der Waals surface area contributed by atoms with Crippen LogP contribution in [0.1, 0.15) is 12.5 Å². The molecule has 0 radical (unpaired) electrons. The van der Waals surface area contributed by atoms with E-state index in [1.807, 2.05) is 0 Å². The highest BCUT2D eigenvalue weighted by Gasteiger charge is 2.33. The van der Waals surface area contributed by atoms with Gasteiger partial charge in [0.2, 0.25) is 5.91 Å². The molecule has 0 saturated carbocycles. The summed E-state index contributed by atoms with van der Waals surface area (Å²) in [6.07, 6.45) is 0.408. The molecule has 0 unspecified atom stereocenters. The lowest BCUT2D eigenvalue weighted by Gasteiger charge is -2.30. The largest absolute Gasteiger partial charge is 0.442 e. The highest BCUT2D eigenvalue weighted by molar-refractivity contribution is 7.13. The van der Waals surface area contributed by atoms with E-state index in [9.17, 15) is 24.1 Å². The van der Waals surface area contributed by atoms with Gasteiger partial charge in [0, 0.05) is 24.9 Å². The molecule has 174 valence electrons. The number of nitrogens with zero attached hydrogens (tertiary/aromatic N) is 5. The molecule has 1 fully saturated rings. The fraction of sp³-hybridized carbons (Fsp3) is 0.350. The van der Waals surface area contributed by atoms with Gasteiger partial charge < -0.3 is 15.0 Å². The number of hydrogen-bond donors (Lipinski definition) is 1. The number of anilines is 2. The lowest BCUT2D eigenvalue weighted by atomic mass is 10.2. The summed E-state index contributed by atoms with van der Waals surface area (Å²) in [5, 5.41) is 21.3. The zero-order valence-corrected chi connectivity index (χ0v) is 18.5. The second-order valence-electron chi connectivity index (χ2n) is 7.55. The van der Waals surface area contributed by atoms with Crippen LogP contribution in [0.5, 0.6) is 0 Å². The molecule has 0 aliphatic carbocycles. The minimum Gasteiger partial charge on any atom is -0.442 e. The zero-order valence-electron chi connectivity index (χ0n) is 17.6. The molecule has 13 heteroatoms. The van der Waals surface area contributed by atoms with Gasteiger partial charge in [0.1, 0.15) is 18.3 Å². The van der Waals surface area contributed by atoms with E-state index < -0.39 is 22.9 Å². The zero-order chi connectivity index (χ0) is 23.5. The van der Waals surface area contributed by atoms with Crippen molar-refractivity contribution in [3.63, 3.8) is 0 Å². The predicted molar refractivity (Wildman–Crippen MR) is 120 cm³/mol. The number of halogens is 1. The SMILES string of the molecule is CC(=O)NC[C@H]1CN(c2ccc(N3C=NN(Cc4csc([N+](=O)[O-])c4)CC3)c(F)c2)C(=O)O1. The van der Waals surface area contributed by atoms with E-state index in [-0.39, 0.29) is 24.0 Å². The maximum Gasteiger partial charge on any atom is 0.414 e. The Balaban J connectivity index is 1.38. The van der Waals surface area contributed by atoms with Crippen molar-refractivity contribution in [3.05, 3.63) is 51.1 Å². The predicted octanol–water partition coefficient (Wildman–Crippen LogP) is 2.52. The molecule has 0 spiro atoms. The number of hydrogen-bond acceptors (Lipinski definition) is 9. The van der Waals surface area contributed by atoms with E-state index >= 15 is 0 Å². The number of carbonyl (C=O) groups excluding carboxylic acids is 2. The fourth-order valence-corrected chi connectivity index (χ4v) is 4.24. The van der Waals surface area contributed by atoms with E-state index in [0.29, 0.717) is 31.0 Å². The lowest BCUT2D eigenvalue weighted by molar-refractivity contribution is -0.380. The van der Waals surface area contributed by atoms with Crippen LogP contribution in [0.15, 0.2) is 34.7 Å². The van der Waals surface area contributed by atoms with Crippen LogP contribution in [0, 0.1) is 15.9 Å². The van der Waals surface area contributed by atoms with Gasteiger partial charge in [0.25, 0.3) is 0 Å². The summed E-state index contributed by atoms with van der Waals surface area (Å²) in [4.78, 5) is 36.6. The molecule has 2 amide bonds. The number of cyclic esters (lactones) is 1. The summed E-state index contributed by atoms with van der Waals surface area (Å²) in [5.41, 5.74) is 1.47. The third-order valence-electron chi connectivity index (χ3n) is 5.14. The topological polar surface area (TPSA) is 121 Å². The molecule has 2 aliphatic rings. The fourth-order valence-electron chi connectivity index (χ4n) is 3.52. The number of rotatable bonds is 7. The summed E-state index contributed by atoms with van der Waals surface area (Å²) in [6.45, 7) is 3.17. The first-order chi connectivity index (χ1) is 15.8. The normalized spacial score (nSPS) is 17.9. The molecule has 1 aromatic carbocycles. The van der Waals surface area contributed by atoms with Gasteiger partial charge in [-0.15, -0.1) is 0 Å². The molecule has 0 bridgehead atoms. The molecule has 33 heavy (non-hydrogen) atoms. The first kappa shape index (κ1) is 22.5. The molecule has 1 saturated heterocycles. The lowest BCUT2D eigenvalue weighted by Crippen LogP contribution is -2.38. The minimum absolute atomic E-state index is 0.0816. The van der Waals surface area contributed by atoms with Gasteiger partial charge in [-0.3, -0.25) is 24.8 Å². The molecule has 1 N–H and O–H groups in total. The molecule has 2 aliphatic heterocycles. The van der Waals surface area contributed by atoms with Gasteiger partial charge in [0.15, 0.2) is 0 Å². The Morgan fingerprint density at radius 3 is 2.85 bits per heavy atom. The first-order valence-corrected chi connectivity index (χ1v) is 11.0. The number of carbonyl (C=O) groups is 2. The number of hydrazone groups is 1. The Labute approximate surface area is 192 Å². The quantitative estimate of drug-likeness (QED) is 0.482. The smallest absolute Gasteiger partial charge is 0.414 e. The van der Waals surface area contributed by atoms with E-state index in [4.69, 9.17) is 4.74 Å². The van der Waals surface area contributed by atoms with Gasteiger partial charge in [-0.2, -0.15) is 5.10 Å². The van der Waals surface area contributed by atoms with Crippen LogP contribution in [0.4, 0.5) is 25.6 Å². The summed E-state index contributed by atoms with van der Waals surface area (Å²) in [6, 6.07) is 5.99. The number of amides is 2. The Kier molecular flexibility index (Phi) is 6.40. The van der Waals surface area contributed by atoms with Crippen LogP contribution < -0.4 is 15.1 Å². The Morgan fingerprint density at radius 2 is 2.21 bits per heavy atom. The monoisotopic (exact) mass is 476 g/mol. The number of ether oxygens (including phenoxy) is 1. The number of nitro groups is 1. The maximum atomic E-state index is 14.9. The third-order valence-corrected chi connectivity index (χ3v) is 6.07. The second kappa shape index (κ2) is 9.40. The van der Waals surface area contributed by atoms with Crippen molar-refractivity contribution >= 4 is 46.1 Å². The number of nitrogens with one attached hydrogen (secondary N) is 1. The van der Waals surface area contributed by atoms with Crippen LogP contribution in [-0.4, -0.2) is 60.6 Å². The average Bonchev–Trinajstić information content (AvgIpc) is 3.39. The Hall–Kier alpha value is -3.74. The highest BCUT2D eigenvalue weighted by atomic mass is 32.1. The molecular weight excluding hydrogens is 455 g/mol. The standard InChI is InChI=1S/C20H21FN6O5S/c1-13(28)22-8-16-10-26(20(29)32-16)15-2-3-18(17(21)7-15)24-4-5-25(23-12-24)9-14-6-19(27(30)31)33-11-14/h2-3,6-7,11-12,16H,4-5,8-10H2,1H3,(H,22,28)/t16-/m0/s1. The summed E-state index contributed by atoms with van der Waals surface area (Å²) < 4.78 is 20.1. The second-order valence-corrected chi connectivity index (χ2v) is 8.44. The van der Waals surface area contributed by atoms with Gasteiger partial charge in [-0.25, -0.2) is 9.18 Å². The third kappa shape index (κ3) is 5.19. The van der Waals surface area contributed by atoms with Gasteiger partial charge >= 0.3 is 11.1 Å². The summed E-state index contributed by atoms with van der Waals surface area (Å²) >= 11 is 1.07. The first-order valence-electron chi connectivity index (χ1n) is 10.1. The van der Waals surface area contributed by atoms with Crippen molar-refractivity contribution in [2.75, 3.05) is 36.0 Å². The van der Waals surface area contributed by atoms with E-state index in [2.05, 4.69) is 10.4 Å². The Morgan fingerprint density at radius 1 is 1.39 bits per heavy atom. The van der Waals surface area contributed by atoms with Crippen LogP contribution in [-0.2, 0) is 16.1 Å². The van der Waals surface area contributed by atoms with Crippen molar-refractivity contribution < 1.29 is 23.6 Å². The van der Waals surface area contributed by atoms with Crippen molar-refractivity contribution in [2.45, 2.75) is 19.6 Å². The number of benzene rings is 1. The Bertz CT molecular complexity index is 1110. The molecule has 2 aromatic rings. The average molecular weight is 476 g/mol. The van der Waals surface area contributed by atoms with Gasteiger partial charge in [-0.05, 0) is 23.8 Å². The van der Waals surface area contributed by atoms with Crippen molar-refractivity contribution in [2.24, 2.45) is 5.10 Å². The van der Waals surface area contributed by atoms with Crippen LogP contribution >= 0.6 is 11.3 Å². The molecule has 1 aromatic heterocycles. The van der Waals surface area contributed by atoms with Crippen molar-refractivity contribution in [3.8, 4) is 0 Å². The van der Waals surface area contributed by atoms with Crippen LogP contribution in [0.3, 0.4) is 0 Å². The minimum atomic E-state index is -0.596. The molecule has 1 atom stereocenters. The van der Waals surface area contributed by atoms with Gasteiger partial charge in [-0.1, -0.05) is 11.3 Å². The molecule has 11 nitrogen and oxygen atoms in total. The number of thiophene rings is 1. The van der Waals surface area contributed by atoms with Crippen LogP contribution in [0.2, 0.25) is 0 Å².